The molecular formula is C16H27N3OS. The van der Waals surface area contributed by atoms with Crippen molar-refractivity contribution in [2.75, 3.05) is 26.3 Å². The van der Waals surface area contributed by atoms with Crippen molar-refractivity contribution in [3.05, 3.63) is 15.6 Å². The normalized spacial score (nSPS) is 29.9. The molecule has 1 saturated heterocycles. The lowest BCUT2D eigenvalue weighted by atomic mass is 9.94. The van der Waals surface area contributed by atoms with E-state index in [1.54, 1.807) is 0 Å². The SMILES string of the molecule is Cc1nc(CCNC2CCCC2C2COCCN2)sc1C. The summed E-state index contributed by atoms with van der Waals surface area (Å²) in [5.74, 6) is 0.727. The van der Waals surface area contributed by atoms with E-state index in [1.165, 1.54) is 34.8 Å². The van der Waals surface area contributed by atoms with Crippen LogP contribution in [0.25, 0.3) is 0 Å². The van der Waals surface area contributed by atoms with E-state index in [9.17, 15) is 0 Å². The molecule has 0 radical (unpaired) electrons. The van der Waals surface area contributed by atoms with Gasteiger partial charge in [-0.25, -0.2) is 4.98 Å². The van der Waals surface area contributed by atoms with Gasteiger partial charge in [0.15, 0.2) is 0 Å². The zero-order valence-corrected chi connectivity index (χ0v) is 14.0. The molecule has 2 N–H and O–H groups in total. The number of morpholine rings is 1. The summed E-state index contributed by atoms with van der Waals surface area (Å²) in [5, 5.41) is 8.68. The lowest BCUT2D eigenvalue weighted by Crippen LogP contribution is -2.51. The summed E-state index contributed by atoms with van der Waals surface area (Å²) in [4.78, 5) is 5.98. The van der Waals surface area contributed by atoms with Gasteiger partial charge >= 0.3 is 0 Å². The Kier molecular flexibility index (Phi) is 5.27. The van der Waals surface area contributed by atoms with Gasteiger partial charge < -0.3 is 15.4 Å². The van der Waals surface area contributed by atoms with Gasteiger partial charge in [0.05, 0.1) is 23.9 Å². The highest BCUT2D eigenvalue weighted by molar-refractivity contribution is 7.11. The molecule has 3 rings (SSSR count). The zero-order chi connectivity index (χ0) is 14.7. The molecule has 4 nitrogen and oxygen atoms in total. The van der Waals surface area contributed by atoms with Crippen molar-refractivity contribution in [1.29, 1.82) is 0 Å². The Labute approximate surface area is 131 Å². The van der Waals surface area contributed by atoms with Crippen LogP contribution in [-0.4, -0.2) is 43.4 Å². The first kappa shape index (κ1) is 15.4. The summed E-state index contributed by atoms with van der Waals surface area (Å²) in [6.45, 7) is 8.06. The molecule has 1 aliphatic heterocycles. The Morgan fingerprint density at radius 3 is 3.00 bits per heavy atom. The van der Waals surface area contributed by atoms with E-state index in [4.69, 9.17) is 4.74 Å². The molecule has 21 heavy (non-hydrogen) atoms. The van der Waals surface area contributed by atoms with Gasteiger partial charge in [-0.2, -0.15) is 0 Å². The van der Waals surface area contributed by atoms with Gasteiger partial charge in [0.2, 0.25) is 0 Å². The number of hydrogen-bond acceptors (Lipinski definition) is 5. The highest BCUT2D eigenvalue weighted by Gasteiger charge is 2.34. The molecule has 2 fully saturated rings. The number of aryl methyl sites for hydroxylation is 2. The Hall–Kier alpha value is -0.490. The minimum Gasteiger partial charge on any atom is -0.379 e. The highest BCUT2D eigenvalue weighted by Crippen LogP contribution is 2.29. The van der Waals surface area contributed by atoms with Crippen molar-refractivity contribution in [2.24, 2.45) is 5.92 Å². The molecule has 2 heterocycles. The fraction of sp³-hybridized carbons (Fsp3) is 0.812. The molecule has 3 unspecified atom stereocenters. The summed E-state index contributed by atoms with van der Waals surface area (Å²) < 4.78 is 5.63. The van der Waals surface area contributed by atoms with E-state index in [0.717, 1.165) is 38.6 Å². The maximum absolute atomic E-state index is 5.63. The van der Waals surface area contributed by atoms with Gasteiger partial charge in [-0.05, 0) is 32.6 Å². The molecule has 0 amide bonds. The minimum absolute atomic E-state index is 0.545. The quantitative estimate of drug-likeness (QED) is 0.874. The lowest BCUT2D eigenvalue weighted by Gasteiger charge is -2.33. The van der Waals surface area contributed by atoms with Crippen LogP contribution in [-0.2, 0) is 11.2 Å². The second kappa shape index (κ2) is 7.18. The molecular weight excluding hydrogens is 282 g/mol. The van der Waals surface area contributed by atoms with Crippen LogP contribution in [0.1, 0.15) is 34.8 Å². The maximum atomic E-state index is 5.63. The smallest absolute Gasteiger partial charge is 0.0943 e. The molecule has 1 aromatic rings. The van der Waals surface area contributed by atoms with Crippen LogP contribution in [0.4, 0.5) is 0 Å². The van der Waals surface area contributed by atoms with E-state index < -0.39 is 0 Å². The van der Waals surface area contributed by atoms with Crippen LogP contribution in [0.2, 0.25) is 0 Å². The largest absolute Gasteiger partial charge is 0.379 e. The van der Waals surface area contributed by atoms with E-state index >= 15 is 0 Å². The third kappa shape index (κ3) is 3.83. The van der Waals surface area contributed by atoms with Gasteiger partial charge in [0.1, 0.15) is 0 Å². The van der Waals surface area contributed by atoms with Crippen molar-refractivity contribution in [3.8, 4) is 0 Å². The number of aromatic nitrogens is 1. The van der Waals surface area contributed by atoms with E-state index in [-0.39, 0.29) is 0 Å². The fourth-order valence-electron chi connectivity index (χ4n) is 3.60. The number of thiazole rings is 1. The molecule has 5 heteroatoms. The third-order valence-electron chi connectivity index (χ3n) is 4.85. The predicted octanol–water partition coefficient (Wildman–Crippen LogP) is 2.05. The molecule has 1 aliphatic carbocycles. The van der Waals surface area contributed by atoms with Gasteiger partial charge in [-0.1, -0.05) is 6.42 Å². The molecule has 118 valence electrons. The number of nitrogens with one attached hydrogen (secondary N) is 2. The molecule has 2 aliphatic rings. The van der Waals surface area contributed by atoms with Gasteiger partial charge in [-0.3, -0.25) is 0 Å². The first-order chi connectivity index (χ1) is 10.2. The van der Waals surface area contributed by atoms with Crippen LogP contribution in [0.3, 0.4) is 0 Å². The maximum Gasteiger partial charge on any atom is 0.0943 e. The summed E-state index contributed by atoms with van der Waals surface area (Å²) in [6, 6.07) is 1.19. The van der Waals surface area contributed by atoms with Crippen LogP contribution in [0.5, 0.6) is 0 Å². The number of rotatable bonds is 5. The predicted molar refractivity (Wildman–Crippen MR) is 87.0 cm³/mol. The zero-order valence-electron chi connectivity index (χ0n) is 13.2. The van der Waals surface area contributed by atoms with Crippen molar-refractivity contribution in [2.45, 2.75) is 51.6 Å². The van der Waals surface area contributed by atoms with Crippen LogP contribution >= 0.6 is 11.3 Å². The average Bonchev–Trinajstić information content (AvgIpc) is 3.08. The summed E-state index contributed by atoms with van der Waals surface area (Å²) >= 11 is 1.84. The van der Waals surface area contributed by atoms with Crippen molar-refractivity contribution in [3.63, 3.8) is 0 Å². The number of nitrogens with zero attached hydrogens (tertiary/aromatic N) is 1. The van der Waals surface area contributed by atoms with Crippen LogP contribution < -0.4 is 10.6 Å². The number of ether oxygens (including phenoxy) is 1. The highest BCUT2D eigenvalue weighted by atomic mass is 32.1. The van der Waals surface area contributed by atoms with Crippen molar-refractivity contribution < 1.29 is 4.74 Å². The van der Waals surface area contributed by atoms with Crippen molar-refractivity contribution in [1.82, 2.24) is 15.6 Å². The molecule has 1 saturated carbocycles. The first-order valence-corrected chi connectivity index (χ1v) is 9.03. The monoisotopic (exact) mass is 309 g/mol. The first-order valence-electron chi connectivity index (χ1n) is 8.21. The molecule has 0 spiro atoms. The number of hydrogen-bond donors (Lipinski definition) is 2. The summed E-state index contributed by atoms with van der Waals surface area (Å²) in [6.07, 6.45) is 5.03. The summed E-state index contributed by atoms with van der Waals surface area (Å²) in [5.41, 5.74) is 1.19. The Morgan fingerprint density at radius 2 is 2.29 bits per heavy atom. The molecule has 1 aromatic heterocycles. The molecule has 0 bridgehead atoms. The van der Waals surface area contributed by atoms with Gasteiger partial charge in [-0.15, -0.1) is 11.3 Å². The lowest BCUT2D eigenvalue weighted by molar-refractivity contribution is 0.0526. The molecule has 3 atom stereocenters. The van der Waals surface area contributed by atoms with Crippen LogP contribution in [0.15, 0.2) is 0 Å². The fourth-order valence-corrected chi connectivity index (χ4v) is 4.53. The Morgan fingerprint density at radius 1 is 1.38 bits per heavy atom. The summed E-state index contributed by atoms with van der Waals surface area (Å²) in [7, 11) is 0. The third-order valence-corrected chi connectivity index (χ3v) is 5.99. The minimum atomic E-state index is 0.545. The van der Waals surface area contributed by atoms with Gasteiger partial charge in [0.25, 0.3) is 0 Å². The van der Waals surface area contributed by atoms with Crippen LogP contribution in [0, 0.1) is 19.8 Å². The van der Waals surface area contributed by atoms with E-state index in [2.05, 4.69) is 29.5 Å². The van der Waals surface area contributed by atoms with Crippen molar-refractivity contribution >= 4 is 11.3 Å². The van der Waals surface area contributed by atoms with E-state index in [0.29, 0.717) is 12.1 Å². The standard InChI is InChI=1S/C16H27N3OS/c1-11-12(2)21-16(19-11)6-7-17-14-5-3-4-13(14)15-10-20-9-8-18-15/h13-15,17-18H,3-10H2,1-2H3. The Balaban J connectivity index is 1.47. The second-order valence-corrected chi connectivity index (χ2v) is 7.58. The average molecular weight is 309 g/mol. The van der Waals surface area contributed by atoms with Gasteiger partial charge in [0, 0.05) is 36.5 Å². The van der Waals surface area contributed by atoms with E-state index in [1.807, 2.05) is 11.3 Å². The molecule has 0 aromatic carbocycles. The Bertz CT molecular complexity index is 437. The second-order valence-electron chi connectivity index (χ2n) is 6.29. The topological polar surface area (TPSA) is 46.2 Å².